The van der Waals surface area contributed by atoms with E-state index in [1.54, 1.807) is 29.3 Å². The van der Waals surface area contributed by atoms with Crippen LogP contribution in [-0.2, 0) is 13.0 Å². The highest BCUT2D eigenvalue weighted by Crippen LogP contribution is 2.22. The Balaban J connectivity index is 1.70. The van der Waals surface area contributed by atoms with Crippen LogP contribution in [0.1, 0.15) is 21.6 Å². The lowest BCUT2D eigenvalue weighted by Crippen LogP contribution is -2.37. The number of carbonyl (C=O) groups excluding carboxylic acids is 1. The summed E-state index contributed by atoms with van der Waals surface area (Å²) in [5.74, 6) is -0.997. The molecule has 4 rings (SSSR count). The van der Waals surface area contributed by atoms with Crippen molar-refractivity contribution in [1.82, 2.24) is 19.9 Å². The van der Waals surface area contributed by atoms with E-state index in [0.29, 0.717) is 18.8 Å². The van der Waals surface area contributed by atoms with Crippen LogP contribution < -0.4 is 5.56 Å². The number of rotatable bonds is 2. The van der Waals surface area contributed by atoms with Gasteiger partial charge in [-0.05, 0) is 29.7 Å². The fraction of sp³-hybridized carbons (Fsp3) is 0.158. The number of aromatic hydroxyl groups is 1. The minimum Gasteiger partial charge on any atom is -0.501 e. The van der Waals surface area contributed by atoms with Gasteiger partial charge in [0.15, 0.2) is 11.5 Å². The van der Waals surface area contributed by atoms with Gasteiger partial charge in [0.25, 0.3) is 11.5 Å². The van der Waals surface area contributed by atoms with Crippen molar-refractivity contribution in [2.45, 2.75) is 13.0 Å². The van der Waals surface area contributed by atoms with E-state index in [2.05, 4.69) is 15.0 Å². The van der Waals surface area contributed by atoms with E-state index < -0.39 is 17.2 Å². The van der Waals surface area contributed by atoms with Crippen molar-refractivity contribution < 1.29 is 9.90 Å². The molecule has 0 unspecified atom stereocenters. The number of carbonyl (C=O) groups is 1. The number of nitrogens with zero attached hydrogens (tertiary/aromatic N) is 3. The molecule has 2 N–H and O–H groups in total. The smallest absolute Gasteiger partial charge is 0.294 e. The molecule has 0 fully saturated rings. The summed E-state index contributed by atoms with van der Waals surface area (Å²) in [6.07, 6.45) is 2.28. The molecule has 7 nitrogen and oxygen atoms in total. The highest BCUT2D eigenvalue weighted by atomic mass is 16.3. The Hall–Kier alpha value is -3.48. The van der Waals surface area contributed by atoms with Crippen LogP contribution >= 0.6 is 0 Å². The van der Waals surface area contributed by atoms with Gasteiger partial charge in [0.05, 0.1) is 0 Å². The standard InChI is InChI=1S/C19H16N4O3/c24-16-15(21-17(22-18(16)25)14-7-3-4-9-20-14)19(26)23-10-8-12-5-1-2-6-13(12)11-23/h1-7,9,24H,8,10-11H2,(H,21,22,25). The third-order valence-corrected chi connectivity index (χ3v) is 4.42. The van der Waals surface area contributed by atoms with Crippen LogP contribution in [0.2, 0.25) is 0 Å². The van der Waals surface area contributed by atoms with Crippen LogP contribution in [-0.4, -0.2) is 37.4 Å². The molecule has 2 aromatic heterocycles. The molecule has 7 heteroatoms. The van der Waals surface area contributed by atoms with Crippen LogP contribution in [0, 0.1) is 0 Å². The van der Waals surface area contributed by atoms with Crippen LogP contribution in [0.5, 0.6) is 5.75 Å². The lowest BCUT2D eigenvalue weighted by molar-refractivity contribution is 0.0725. The van der Waals surface area contributed by atoms with E-state index >= 15 is 0 Å². The highest BCUT2D eigenvalue weighted by molar-refractivity contribution is 5.95. The summed E-state index contributed by atoms with van der Waals surface area (Å²) < 4.78 is 0. The van der Waals surface area contributed by atoms with Crippen LogP contribution in [0.25, 0.3) is 11.5 Å². The third-order valence-electron chi connectivity index (χ3n) is 4.42. The summed E-state index contributed by atoms with van der Waals surface area (Å²) in [5, 5.41) is 10.1. The van der Waals surface area contributed by atoms with Gasteiger partial charge in [-0.3, -0.25) is 14.6 Å². The van der Waals surface area contributed by atoms with Crippen LogP contribution in [0.3, 0.4) is 0 Å². The Morgan fingerprint density at radius 1 is 1.12 bits per heavy atom. The number of nitrogens with one attached hydrogen (secondary N) is 1. The zero-order chi connectivity index (χ0) is 18.1. The topological polar surface area (TPSA) is 99.2 Å². The molecule has 3 aromatic rings. The zero-order valence-corrected chi connectivity index (χ0v) is 13.8. The first-order valence-corrected chi connectivity index (χ1v) is 8.24. The Labute approximate surface area is 149 Å². The number of fused-ring (bicyclic) bond motifs is 1. The fourth-order valence-corrected chi connectivity index (χ4v) is 3.06. The highest BCUT2D eigenvalue weighted by Gasteiger charge is 2.26. The first-order chi connectivity index (χ1) is 12.6. The second-order valence-electron chi connectivity index (χ2n) is 6.07. The molecule has 0 aliphatic carbocycles. The molecule has 1 amide bonds. The molecule has 26 heavy (non-hydrogen) atoms. The van der Waals surface area contributed by atoms with Gasteiger partial charge in [-0.2, -0.15) is 0 Å². The number of pyridine rings is 1. The van der Waals surface area contributed by atoms with Crippen molar-refractivity contribution in [2.75, 3.05) is 6.54 Å². The van der Waals surface area contributed by atoms with Gasteiger partial charge in [-0.15, -0.1) is 0 Å². The molecular weight excluding hydrogens is 332 g/mol. The number of H-pyrrole nitrogens is 1. The Kier molecular flexibility index (Phi) is 3.96. The Morgan fingerprint density at radius 3 is 2.65 bits per heavy atom. The number of amides is 1. The number of hydrogen-bond donors (Lipinski definition) is 2. The van der Waals surface area contributed by atoms with E-state index in [0.717, 1.165) is 12.0 Å². The predicted molar refractivity (Wildman–Crippen MR) is 94.6 cm³/mol. The van der Waals surface area contributed by atoms with E-state index in [-0.39, 0.29) is 11.5 Å². The molecule has 3 heterocycles. The van der Waals surface area contributed by atoms with Gasteiger partial charge in [0.1, 0.15) is 5.69 Å². The quantitative estimate of drug-likeness (QED) is 0.735. The molecule has 130 valence electrons. The summed E-state index contributed by atoms with van der Waals surface area (Å²) in [6, 6.07) is 13.1. The molecule has 1 aliphatic rings. The minimum atomic E-state index is -0.763. The number of aromatic nitrogens is 3. The minimum absolute atomic E-state index is 0.147. The third kappa shape index (κ3) is 2.83. The summed E-state index contributed by atoms with van der Waals surface area (Å²) in [4.78, 5) is 37.3. The molecule has 0 saturated carbocycles. The molecule has 1 aliphatic heterocycles. The monoisotopic (exact) mass is 348 g/mol. The first kappa shape index (κ1) is 16.0. The van der Waals surface area contributed by atoms with Crippen molar-refractivity contribution in [3.63, 3.8) is 0 Å². The van der Waals surface area contributed by atoms with Crippen LogP contribution in [0.15, 0.2) is 53.5 Å². The van der Waals surface area contributed by atoms with E-state index in [9.17, 15) is 14.7 Å². The van der Waals surface area contributed by atoms with Crippen LogP contribution in [0.4, 0.5) is 0 Å². The largest absolute Gasteiger partial charge is 0.501 e. The molecular formula is C19H16N4O3. The maximum absolute atomic E-state index is 12.9. The number of hydrogen-bond acceptors (Lipinski definition) is 5. The summed E-state index contributed by atoms with van der Waals surface area (Å²) >= 11 is 0. The summed E-state index contributed by atoms with van der Waals surface area (Å²) in [5.41, 5.74) is 1.66. The average Bonchev–Trinajstić information content (AvgIpc) is 2.69. The summed E-state index contributed by atoms with van der Waals surface area (Å²) in [6.45, 7) is 0.921. The zero-order valence-electron chi connectivity index (χ0n) is 13.8. The van der Waals surface area contributed by atoms with Gasteiger partial charge in [0, 0.05) is 19.3 Å². The van der Waals surface area contributed by atoms with Crippen molar-refractivity contribution in [3.8, 4) is 17.3 Å². The maximum Gasteiger partial charge on any atom is 0.294 e. The van der Waals surface area contributed by atoms with Crippen molar-refractivity contribution in [1.29, 1.82) is 0 Å². The number of benzene rings is 1. The Bertz CT molecular complexity index is 1030. The Morgan fingerprint density at radius 2 is 1.88 bits per heavy atom. The van der Waals surface area contributed by atoms with E-state index in [1.807, 2.05) is 24.3 Å². The lowest BCUT2D eigenvalue weighted by Gasteiger charge is -2.28. The van der Waals surface area contributed by atoms with Crippen molar-refractivity contribution in [2.24, 2.45) is 0 Å². The SMILES string of the molecule is O=C(c1nc(-c2ccccn2)[nH]c(=O)c1O)N1CCc2ccccc2C1. The molecule has 0 spiro atoms. The first-order valence-electron chi connectivity index (χ1n) is 8.24. The van der Waals surface area contributed by atoms with Gasteiger partial charge in [-0.1, -0.05) is 30.3 Å². The normalized spacial score (nSPS) is 13.3. The second-order valence-corrected chi connectivity index (χ2v) is 6.07. The fourth-order valence-electron chi connectivity index (χ4n) is 3.06. The molecule has 0 saturated heterocycles. The van der Waals surface area contributed by atoms with Gasteiger partial charge < -0.3 is 15.0 Å². The van der Waals surface area contributed by atoms with E-state index in [1.165, 1.54) is 5.56 Å². The summed E-state index contributed by atoms with van der Waals surface area (Å²) in [7, 11) is 0. The molecule has 0 radical (unpaired) electrons. The van der Waals surface area contributed by atoms with Crippen molar-refractivity contribution >= 4 is 5.91 Å². The van der Waals surface area contributed by atoms with Gasteiger partial charge in [0.2, 0.25) is 5.75 Å². The van der Waals surface area contributed by atoms with Gasteiger partial charge in [-0.25, -0.2) is 4.98 Å². The maximum atomic E-state index is 12.9. The second kappa shape index (κ2) is 6.44. The predicted octanol–water partition coefficient (Wildman–Crippen LogP) is 1.74. The molecule has 0 bridgehead atoms. The lowest BCUT2D eigenvalue weighted by atomic mass is 10.00. The average molecular weight is 348 g/mol. The molecule has 1 aromatic carbocycles. The van der Waals surface area contributed by atoms with E-state index in [4.69, 9.17) is 0 Å². The van der Waals surface area contributed by atoms with Crippen molar-refractivity contribution in [3.05, 3.63) is 75.8 Å². The number of aromatic amines is 1. The van der Waals surface area contributed by atoms with Gasteiger partial charge >= 0.3 is 0 Å². The molecule has 0 atom stereocenters.